The lowest BCUT2D eigenvalue weighted by molar-refractivity contribution is -0.142. The van der Waals surface area contributed by atoms with Gasteiger partial charge < -0.3 is 24.8 Å². The molecule has 3 rings (SSSR count). The molecule has 3 aliphatic rings. The molecule has 2 saturated heterocycles. The van der Waals surface area contributed by atoms with Gasteiger partial charge in [0.2, 0.25) is 0 Å². The number of nitrogens with zero attached hydrogens (tertiary/aromatic N) is 4. The summed E-state index contributed by atoms with van der Waals surface area (Å²) in [5, 5.41) is 3.48. The van der Waals surface area contributed by atoms with Crippen molar-refractivity contribution in [1.29, 1.82) is 0 Å². The minimum Gasteiger partial charge on any atom is -0.368 e. The zero-order valence-electron chi connectivity index (χ0n) is 18.5. The van der Waals surface area contributed by atoms with Crippen LogP contribution >= 0.6 is 24.0 Å². The molecule has 168 valence electrons. The third kappa shape index (κ3) is 6.19. The number of aliphatic imine (C=N–C) groups is 1. The molecule has 7 nitrogen and oxygen atoms in total. The van der Waals surface area contributed by atoms with Crippen LogP contribution in [0.25, 0.3) is 0 Å². The van der Waals surface area contributed by atoms with E-state index >= 15 is 0 Å². The average molecular weight is 521 g/mol. The molecule has 1 amide bonds. The Labute approximate surface area is 193 Å². The molecule has 0 radical (unpaired) electrons. The fraction of sp³-hybridized carbons (Fsp3) is 0.905. The lowest BCUT2D eigenvalue weighted by Gasteiger charge is -2.42. The van der Waals surface area contributed by atoms with E-state index in [9.17, 15) is 4.79 Å². The third-order valence-electron chi connectivity index (χ3n) is 6.69. The standard InChI is InChI=1S/C21H39N5O2.HI/c1-4-22-20(23-17-21(24(2)3)10-6-5-7-11-21)26-14-12-25(13-15-26)19(27)18-9-8-16-28-18;/h18H,4-17H2,1-3H3,(H,22,23);1H. The first-order chi connectivity index (χ1) is 13.6. The summed E-state index contributed by atoms with van der Waals surface area (Å²) in [7, 11) is 4.40. The number of halogens is 1. The van der Waals surface area contributed by atoms with Gasteiger partial charge in [-0.2, -0.15) is 0 Å². The Kier molecular flexibility index (Phi) is 9.94. The van der Waals surface area contributed by atoms with Crippen LogP contribution in [0, 0.1) is 0 Å². The quantitative estimate of drug-likeness (QED) is 0.342. The van der Waals surface area contributed by atoms with Crippen molar-refractivity contribution < 1.29 is 9.53 Å². The number of hydrogen-bond acceptors (Lipinski definition) is 4. The number of carbonyl (C=O) groups excluding carboxylic acids is 1. The average Bonchev–Trinajstić information content (AvgIpc) is 3.26. The van der Waals surface area contributed by atoms with Crippen LogP contribution in [-0.2, 0) is 9.53 Å². The Morgan fingerprint density at radius 2 is 1.76 bits per heavy atom. The van der Waals surface area contributed by atoms with Crippen molar-refractivity contribution in [3.8, 4) is 0 Å². The number of amides is 1. The number of hydrogen-bond donors (Lipinski definition) is 1. The smallest absolute Gasteiger partial charge is 0.251 e. The van der Waals surface area contributed by atoms with Gasteiger partial charge in [0.05, 0.1) is 6.54 Å². The van der Waals surface area contributed by atoms with Crippen molar-refractivity contribution in [3.05, 3.63) is 0 Å². The highest BCUT2D eigenvalue weighted by Gasteiger charge is 2.35. The van der Waals surface area contributed by atoms with Crippen LogP contribution in [0.2, 0.25) is 0 Å². The van der Waals surface area contributed by atoms with Crippen molar-refractivity contribution in [2.24, 2.45) is 4.99 Å². The van der Waals surface area contributed by atoms with Crippen molar-refractivity contribution in [2.45, 2.75) is 63.5 Å². The molecule has 1 unspecified atom stereocenters. The fourth-order valence-corrected chi connectivity index (χ4v) is 4.72. The van der Waals surface area contributed by atoms with Crippen LogP contribution in [-0.4, -0.2) is 98.2 Å². The molecule has 1 atom stereocenters. The van der Waals surface area contributed by atoms with Crippen LogP contribution < -0.4 is 5.32 Å². The van der Waals surface area contributed by atoms with Crippen LogP contribution in [0.3, 0.4) is 0 Å². The van der Waals surface area contributed by atoms with Gasteiger partial charge in [-0.1, -0.05) is 19.3 Å². The number of nitrogens with one attached hydrogen (secondary N) is 1. The molecule has 2 heterocycles. The SMILES string of the molecule is CCNC(=NCC1(N(C)C)CCCCC1)N1CCN(C(=O)C2CCCO2)CC1.I. The molecule has 1 saturated carbocycles. The minimum atomic E-state index is -0.209. The Balaban J connectivity index is 0.00000300. The highest BCUT2D eigenvalue weighted by molar-refractivity contribution is 14.0. The number of rotatable bonds is 5. The molecule has 2 aliphatic heterocycles. The Morgan fingerprint density at radius 1 is 1.10 bits per heavy atom. The van der Waals surface area contributed by atoms with Gasteiger partial charge in [-0.15, -0.1) is 24.0 Å². The predicted molar refractivity (Wildman–Crippen MR) is 128 cm³/mol. The lowest BCUT2D eigenvalue weighted by Crippen LogP contribution is -2.56. The number of likely N-dealkylation sites (N-methyl/N-ethyl adjacent to an activating group) is 1. The topological polar surface area (TPSA) is 60.4 Å². The van der Waals surface area contributed by atoms with E-state index in [1.165, 1.54) is 32.1 Å². The first-order valence-corrected chi connectivity index (χ1v) is 11.2. The normalized spacial score (nSPS) is 25.1. The molecule has 0 spiro atoms. The second-order valence-electron chi connectivity index (χ2n) is 8.66. The van der Waals surface area contributed by atoms with Crippen LogP contribution in [0.5, 0.6) is 0 Å². The minimum absolute atomic E-state index is 0. The molecule has 3 fully saturated rings. The molecule has 0 aromatic heterocycles. The van der Waals surface area contributed by atoms with Crippen molar-refractivity contribution >= 4 is 35.8 Å². The number of guanidine groups is 1. The summed E-state index contributed by atoms with van der Waals surface area (Å²) >= 11 is 0. The van der Waals surface area contributed by atoms with E-state index in [4.69, 9.17) is 9.73 Å². The van der Waals surface area contributed by atoms with Crippen LogP contribution in [0.4, 0.5) is 0 Å². The summed E-state index contributed by atoms with van der Waals surface area (Å²) in [6.45, 7) is 7.72. The van der Waals surface area contributed by atoms with Gasteiger partial charge in [-0.25, -0.2) is 0 Å². The maximum Gasteiger partial charge on any atom is 0.251 e. The molecule has 1 aliphatic carbocycles. The highest BCUT2D eigenvalue weighted by Crippen LogP contribution is 2.32. The molecule has 0 aromatic carbocycles. The maximum atomic E-state index is 12.6. The van der Waals surface area contributed by atoms with Gasteiger partial charge >= 0.3 is 0 Å². The summed E-state index contributed by atoms with van der Waals surface area (Å²) in [6, 6.07) is 0. The monoisotopic (exact) mass is 521 g/mol. The van der Waals surface area contributed by atoms with Crippen LogP contribution in [0.15, 0.2) is 4.99 Å². The van der Waals surface area contributed by atoms with E-state index in [0.717, 1.165) is 64.7 Å². The Morgan fingerprint density at radius 3 is 2.31 bits per heavy atom. The summed E-state index contributed by atoms with van der Waals surface area (Å²) < 4.78 is 5.57. The van der Waals surface area contributed by atoms with E-state index in [1.54, 1.807) is 0 Å². The van der Waals surface area contributed by atoms with E-state index in [-0.39, 0.29) is 41.5 Å². The predicted octanol–water partition coefficient (Wildman–Crippen LogP) is 2.16. The fourth-order valence-electron chi connectivity index (χ4n) is 4.72. The van der Waals surface area contributed by atoms with E-state index in [2.05, 4.69) is 36.1 Å². The Bertz CT molecular complexity index is 537. The highest BCUT2D eigenvalue weighted by atomic mass is 127. The van der Waals surface area contributed by atoms with Gasteiger partial charge in [-0.05, 0) is 46.7 Å². The summed E-state index contributed by atoms with van der Waals surface area (Å²) in [6.07, 6.45) is 8.07. The zero-order chi connectivity index (χ0) is 20.0. The van der Waals surface area contributed by atoms with E-state index in [0.29, 0.717) is 0 Å². The van der Waals surface area contributed by atoms with Gasteiger partial charge in [0.15, 0.2) is 5.96 Å². The molecule has 0 bridgehead atoms. The second-order valence-corrected chi connectivity index (χ2v) is 8.66. The van der Waals surface area contributed by atoms with E-state index in [1.807, 2.05) is 4.90 Å². The first-order valence-electron chi connectivity index (χ1n) is 11.2. The molecule has 29 heavy (non-hydrogen) atoms. The van der Waals surface area contributed by atoms with Gasteiger partial charge in [-0.3, -0.25) is 9.79 Å². The largest absolute Gasteiger partial charge is 0.368 e. The number of piperazine rings is 1. The summed E-state index contributed by atoms with van der Waals surface area (Å²) in [5.41, 5.74) is 0.191. The Hall–Kier alpha value is -0.610. The summed E-state index contributed by atoms with van der Waals surface area (Å²) in [4.78, 5) is 24.3. The molecular formula is C21H40IN5O2. The first kappa shape index (κ1) is 24.7. The molecular weight excluding hydrogens is 481 g/mol. The molecule has 0 aromatic rings. The van der Waals surface area contributed by atoms with Crippen molar-refractivity contribution in [3.63, 3.8) is 0 Å². The van der Waals surface area contributed by atoms with Gasteiger partial charge in [0.25, 0.3) is 5.91 Å². The summed E-state index contributed by atoms with van der Waals surface area (Å²) in [5.74, 6) is 1.17. The molecule has 1 N–H and O–H groups in total. The maximum absolute atomic E-state index is 12.6. The van der Waals surface area contributed by atoms with Crippen LogP contribution in [0.1, 0.15) is 51.9 Å². The van der Waals surface area contributed by atoms with Crippen molar-refractivity contribution in [1.82, 2.24) is 20.0 Å². The second kappa shape index (κ2) is 11.7. The van der Waals surface area contributed by atoms with Gasteiger partial charge in [0.1, 0.15) is 6.10 Å². The number of carbonyl (C=O) groups is 1. The van der Waals surface area contributed by atoms with Gasteiger partial charge in [0, 0.05) is 44.9 Å². The van der Waals surface area contributed by atoms with E-state index < -0.39 is 0 Å². The lowest BCUT2D eigenvalue weighted by atomic mass is 9.81. The molecule has 8 heteroatoms. The zero-order valence-corrected chi connectivity index (χ0v) is 20.8. The third-order valence-corrected chi connectivity index (χ3v) is 6.69. The van der Waals surface area contributed by atoms with Crippen molar-refractivity contribution in [2.75, 3.05) is 60.0 Å². The number of ether oxygens (including phenoxy) is 1.